The number of ketones is 2. The van der Waals surface area contributed by atoms with E-state index in [0.717, 1.165) is 6.42 Å². The van der Waals surface area contributed by atoms with Crippen LogP contribution in [0.15, 0.2) is 12.2 Å². The molecule has 0 N–H and O–H groups in total. The molecule has 0 amide bonds. The van der Waals surface area contributed by atoms with Gasteiger partial charge in [-0.3, -0.25) is 4.79 Å². The fourth-order valence-electron chi connectivity index (χ4n) is 0.632. The van der Waals surface area contributed by atoms with E-state index in [4.69, 9.17) is 0 Å². The lowest BCUT2D eigenvalue weighted by Gasteiger charge is -1.90. The maximum Gasteiger partial charge on any atom is 0.155 e. The van der Waals surface area contributed by atoms with E-state index in [1.165, 1.54) is 6.92 Å². The molecule has 0 aliphatic rings. The standard InChI is InChI=1S/C9H14O2/c1-3-4-5-9(11)7-6-8(2)10/h4-5H,3,6-7H2,1-2H3/b5-4+. The van der Waals surface area contributed by atoms with Crippen molar-refractivity contribution in [1.29, 1.82) is 0 Å². The minimum Gasteiger partial charge on any atom is -0.300 e. The number of Topliss-reactive ketones (excluding diaryl/α,β-unsaturated/α-hetero) is 1. The number of hydrogen-bond donors (Lipinski definition) is 0. The lowest BCUT2D eigenvalue weighted by molar-refractivity contribution is -0.120. The van der Waals surface area contributed by atoms with Crippen LogP contribution < -0.4 is 0 Å². The fraction of sp³-hybridized carbons (Fsp3) is 0.556. The highest BCUT2D eigenvalue weighted by atomic mass is 16.1. The highest BCUT2D eigenvalue weighted by molar-refractivity contribution is 5.92. The summed E-state index contributed by atoms with van der Waals surface area (Å²) in [6, 6.07) is 0. The minimum absolute atomic E-state index is 0.0436. The van der Waals surface area contributed by atoms with Gasteiger partial charge in [0.1, 0.15) is 5.78 Å². The van der Waals surface area contributed by atoms with E-state index in [9.17, 15) is 9.59 Å². The number of rotatable bonds is 5. The predicted molar refractivity (Wildman–Crippen MR) is 44.4 cm³/mol. The Hall–Kier alpha value is -0.920. The molecule has 0 aromatic carbocycles. The predicted octanol–water partition coefficient (Wildman–Crippen LogP) is 1.89. The van der Waals surface area contributed by atoms with Gasteiger partial charge in [-0.2, -0.15) is 0 Å². The first-order valence-electron chi connectivity index (χ1n) is 3.85. The molecule has 0 rings (SSSR count). The normalized spacial score (nSPS) is 10.4. The third-order valence-electron chi connectivity index (χ3n) is 1.26. The molecule has 0 radical (unpaired) electrons. The molecule has 0 aliphatic carbocycles. The van der Waals surface area contributed by atoms with Gasteiger partial charge in [0.2, 0.25) is 0 Å². The van der Waals surface area contributed by atoms with Crippen molar-refractivity contribution in [3.8, 4) is 0 Å². The zero-order valence-electron chi connectivity index (χ0n) is 7.09. The molecule has 62 valence electrons. The molecule has 2 heteroatoms. The van der Waals surface area contributed by atoms with Crippen molar-refractivity contribution in [3.05, 3.63) is 12.2 Å². The van der Waals surface area contributed by atoms with Crippen LogP contribution in [0.1, 0.15) is 33.1 Å². The Kier molecular flexibility index (Phi) is 5.35. The number of hydrogen-bond acceptors (Lipinski definition) is 2. The summed E-state index contributed by atoms with van der Waals surface area (Å²) in [7, 11) is 0. The van der Waals surface area contributed by atoms with Crippen molar-refractivity contribution < 1.29 is 9.59 Å². The zero-order valence-corrected chi connectivity index (χ0v) is 7.09. The second-order valence-electron chi connectivity index (χ2n) is 2.48. The van der Waals surface area contributed by atoms with Gasteiger partial charge in [-0.05, 0) is 19.4 Å². The van der Waals surface area contributed by atoms with Crippen molar-refractivity contribution in [1.82, 2.24) is 0 Å². The Morgan fingerprint density at radius 2 is 1.91 bits per heavy atom. The Morgan fingerprint density at radius 3 is 2.36 bits per heavy atom. The molecular formula is C9H14O2. The van der Waals surface area contributed by atoms with Gasteiger partial charge in [-0.25, -0.2) is 0 Å². The summed E-state index contributed by atoms with van der Waals surface area (Å²) in [5, 5.41) is 0. The third-order valence-corrected chi connectivity index (χ3v) is 1.26. The van der Waals surface area contributed by atoms with Gasteiger partial charge in [0.25, 0.3) is 0 Å². The monoisotopic (exact) mass is 154 g/mol. The molecule has 0 aliphatic heterocycles. The first-order valence-corrected chi connectivity index (χ1v) is 3.85. The average Bonchev–Trinajstić information content (AvgIpc) is 1.97. The van der Waals surface area contributed by atoms with Crippen LogP contribution in [0, 0.1) is 0 Å². The van der Waals surface area contributed by atoms with Gasteiger partial charge in [-0.1, -0.05) is 13.0 Å². The van der Waals surface area contributed by atoms with Gasteiger partial charge in [-0.15, -0.1) is 0 Å². The Bertz CT molecular complexity index is 168. The van der Waals surface area contributed by atoms with Gasteiger partial charge in [0, 0.05) is 12.8 Å². The van der Waals surface area contributed by atoms with E-state index < -0.39 is 0 Å². The van der Waals surface area contributed by atoms with Crippen molar-refractivity contribution >= 4 is 11.6 Å². The number of allylic oxidation sites excluding steroid dienone is 2. The van der Waals surface area contributed by atoms with E-state index in [1.54, 1.807) is 6.08 Å². The maximum absolute atomic E-state index is 10.9. The van der Waals surface area contributed by atoms with E-state index in [2.05, 4.69) is 0 Å². The van der Waals surface area contributed by atoms with Crippen LogP contribution in [-0.2, 0) is 9.59 Å². The Balaban J connectivity index is 3.53. The van der Waals surface area contributed by atoms with Crippen LogP contribution in [0.4, 0.5) is 0 Å². The first kappa shape index (κ1) is 10.1. The molecule has 0 unspecified atom stereocenters. The fourth-order valence-corrected chi connectivity index (χ4v) is 0.632. The molecule has 11 heavy (non-hydrogen) atoms. The van der Waals surface area contributed by atoms with E-state index in [0.29, 0.717) is 12.8 Å². The lowest BCUT2D eigenvalue weighted by atomic mass is 10.1. The zero-order chi connectivity index (χ0) is 8.69. The second kappa shape index (κ2) is 5.83. The van der Waals surface area contributed by atoms with E-state index in [-0.39, 0.29) is 11.6 Å². The summed E-state index contributed by atoms with van der Waals surface area (Å²) in [4.78, 5) is 21.3. The molecule has 0 heterocycles. The summed E-state index contributed by atoms with van der Waals surface area (Å²) in [6.07, 6.45) is 4.94. The van der Waals surface area contributed by atoms with Gasteiger partial charge < -0.3 is 4.79 Å². The first-order chi connectivity index (χ1) is 5.16. The van der Waals surface area contributed by atoms with Crippen molar-refractivity contribution in [2.45, 2.75) is 33.1 Å². The molecule has 0 bridgehead atoms. The summed E-state index contributed by atoms with van der Waals surface area (Å²) >= 11 is 0. The number of carbonyl (C=O) groups is 2. The highest BCUT2D eigenvalue weighted by Crippen LogP contribution is 1.94. The maximum atomic E-state index is 10.9. The van der Waals surface area contributed by atoms with E-state index in [1.807, 2.05) is 13.0 Å². The molecule has 2 nitrogen and oxygen atoms in total. The summed E-state index contributed by atoms with van der Waals surface area (Å²) in [5.41, 5.74) is 0. The van der Waals surface area contributed by atoms with Crippen molar-refractivity contribution in [3.63, 3.8) is 0 Å². The average molecular weight is 154 g/mol. The summed E-state index contributed by atoms with van der Waals surface area (Å²) in [5.74, 6) is 0.116. The van der Waals surface area contributed by atoms with Crippen LogP contribution in [0.5, 0.6) is 0 Å². The smallest absolute Gasteiger partial charge is 0.155 e. The van der Waals surface area contributed by atoms with Crippen LogP contribution in [0.2, 0.25) is 0 Å². The van der Waals surface area contributed by atoms with E-state index >= 15 is 0 Å². The van der Waals surface area contributed by atoms with Crippen LogP contribution in [0.3, 0.4) is 0 Å². The van der Waals surface area contributed by atoms with Crippen LogP contribution in [-0.4, -0.2) is 11.6 Å². The second-order valence-corrected chi connectivity index (χ2v) is 2.48. The van der Waals surface area contributed by atoms with Crippen molar-refractivity contribution in [2.24, 2.45) is 0 Å². The van der Waals surface area contributed by atoms with Crippen LogP contribution >= 0.6 is 0 Å². The van der Waals surface area contributed by atoms with Gasteiger partial charge in [0.05, 0.1) is 0 Å². The largest absolute Gasteiger partial charge is 0.300 e. The highest BCUT2D eigenvalue weighted by Gasteiger charge is 1.98. The van der Waals surface area contributed by atoms with Gasteiger partial charge >= 0.3 is 0 Å². The van der Waals surface area contributed by atoms with Gasteiger partial charge in [0.15, 0.2) is 5.78 Å². The third kappa shape index (κ3) is 6.97. The molecular weight excluding hydrogens is 140 g/mol. The topological polar surface area (TPSA) is 34.1 Å². The quantitative estimate of drug-likeness (QED) is 0.567. The molecule has 0 fully saturated rings. The molecule has 0 atom stereocenters. The minimum atomic E-state index is 0.0436. The SMILES string of the molecule is CC/C=C/C(=O)CCC(C)=O. The Morgan fingerprint density at radius 1 is 1.27 bits per heavy atom. The van der Waals surface area contributed by atoms with Crippen LogP contribution in [0.25, 0.3) is 0 Å². The Labute approximate surface area is 67.3 Å². The number of carbonyl (C=O) groups excluding carboxylic acids is 2. The summed E-state index contributed by atoms with van der Waals surface area (Å²) < 4.78 is 0. The molecule has 0 saturated heterocycles. The molecule has 0 aromatic rings. The molecule has 0 aromatic heterocycles. The summed E-state index contributed by atoms with van der Waals surface area (Å²) in [6.45, 7) is 3.46. The molecule has 0 spiro atoms. The lowest BCUT2D eigenvalue weighted by Crippen LogP contribution is -1.97. The molecule has 0 saturated carbocycles. The van der Waals surface area contributed by atoms with Crippen molar-refractivity contribution in [2.75, 3.05) is 0 Å².